The summed E-state index contributed by atoms with van der Waals surface area (Å²) >= 11 is 3.43. The molecule has 0 saturated carbocycles. The van der Waals surface area contributed by atoms with Gasteiger partial charge in [-0.15, -0.1) is 0 Å². The largest absolute Gasteiger partial charge is 0.355 e. The summed E-state index contributed by atoms with van der Waals surface area (Å²) < 4.78 is 27.8. The quantitative estimate of drug-likeness (QED) is 0.349. The normalized spacial score (nSPS) is 12.0. The molecule has 0 fully saturated rings. The van der Waals surface area contributed by atoms with Gasteiger partial charge in [-0.1, -0.05) is 64.5 Å². The third-order valence-electron chi connectivity index (χ3n) is 6.06. The Morgan fingerprint density at radius 3 is 2.08 bits per heavy atom. The van der Waals surface area contributed by atoms with Gasteiger partial charge < -0.3 is 10.2 Å². The molecule has 0 saturated heterocycles. The van der Waals surface area contributed by atoms with Crippen LogP contribution in [-0.2, 0) is 32.6 Å². The molecule has 3 aromatic rings. The van der Waals surface area contributed by atoms with Crippen LogP contribution in [0.1, 0.15) is 29.2 Å². The molecule has 7 nitrogen and oxygen atoms in total. The first-order chi connectivity index (χ1) is 18.0. The van der Waals surface area contributed by atoms with E-state index in [9.17, 15) is 18.0 Å². The van der Waals surface area contributed by atoms with E-state index in [0.29, 0.717) is 12.2 Å². The zero-order valence-corrected chi connectivity index (χ0v) is 24.6. The summed E-state index contributed by atoms with van der Waals surface area (Å²) in [7, 11) is -3.79. The van der Waals surface area contributed by atoms with Crippen molar-refractivity contribution < 1.29 is 18.0 Å². The highest BCUT2D eigenvalue weighted by Gasteiger charge is 2.32. The van der Waals surface area contributed by atoms with Gasteiger partial charge >= 0.3 is 0 Å². The van der Waals surface area contributed by atoms with E-state index in [0.717, 1.165) is 37.3 Å². The molecule has 0 bridgehead atoms. The number of benzene rings is 3. The maximum Gasteiger partial charge on any atom is 0.244 e. The second-order valence-electron chi connectivity index (χ2n) is 9.36. The van der Waals surface area contributed by atoms with Crippen molar-refractivity contribution in [3.8, 4) is 0 Å². The number of anilines is 1. The number of carbonyl (C=O) groups is 2. The molecule has 0 aliphatic heterocycles. The molecule has 9 heteroatoms. The Labute approximate surface area is 234 Å². The molecule has 0 spiro atoms. The molecular weight excluding hydrogens is 566 g/mol. The van der Waals surface area contributed by atoms with Gasteiger partial charge in [0.1, 0.15) is 12.6 Å². The fraction of sp³-hybridized carbons (Fsp3) is 0.310. The molecule has 0 aromatic heterocycles. The minimum absolute atomic E-state index is 0.144. The summed E-state index contributed by atoms with van der Waals surface area (Å²) in [6, 6.07) is 21.6. The summed E-state index contributed by atoms with van der Waals surface area (Å²) in [5.41, 5.74) is 3.90. The van der Waals surface area contributed by atoms with Crippen molar-refractivity contribution in [1.82, 2.24) is 10.2 Å². The fourth-order valence-corrected chi connectivity index (χ4v) is 5.44. The molecule has 1 atom stereocenters. The topological polar surface area (TPSA) is 86.8 Å². The van der Waals surface area contributed by atoms with Gasteiger partial charge in [-0.3, -0.25) is 13.9 Å². The highest BCUT2D eigenvalue weighted by atomic mass is 79.9. The van der Waals surface area contributed by atoms with E-state index in [1.165, 1.54) is 4.90 Å². The molecule has 0 radical (unpaired) electrons. The zero-order chi connectivity index (χ0) is 27.9. The van der Waals surface area contributed by atoms with Crippen LogP contribution < -0.4 is 9.62 Å². The summed E-state index contributed by atoms with van der Waals surface area (Å²) in [6.45, 7) is 5.70. The van der Waals surface area contributed by atoms with Crippen LogP contribution in [0.15, 0.2) is 77.3 Å². The van der Waals surface area contributed by atoms with E-state index in [1.54, 1.807) is 12.1 Å². The van der Waals surface area contributed by atoms with Crippen LogP contribution in [0.2, 0.25) is 0 Å². The number of aryl methyl sites for hydroxylation is 2. The van der Waals surface area contributed by atoms with Crippen molar-refractivity contribution in [2.45, 2.75) is 39.8 Å². The molecule has 0 unspecified atom stereocenters. The Balaban J connectivity index is 2.05. The van der Waals surface area contributed by atoms with Crippen molar-refractivity contribution >= 4 is 43.5 Å². The third kappa shape index (κ3) is 8.16. The number of rotatable bonds is 11. The Morgan fingerprint density at radius 1 is 0.921 bits per heavy atom. The van der Waals surface area contributed by atoms with Crippen LogP contribution in [0.5, 0.6) is 0 Å². The van der Waals surface area contributed by atoms with Gasteiger partial charge in [0.2, 0.25) is 21.8 Å². The molecular formula is C29H34BrN3O4S. The molecule has 202 valence electrons. The Bertz CT molecular complexity index is 1340. The smallest absolute Gasteiger partial charge is 0.244 e. The highest BCUT2D eigenvalue weighted by molar-refractivity contribution is 9.10. The number of halogens is 1. The van der Waals surface area contributed by atoms with Crippen LogP contribution in [0.4, 0.5) is 5.69 Å². The Kier molecular flexibility index (Phi) is 10.1. The van der Waals surface area contributed by atoms with E-state index < -0.39 is 28.5 Å². The highest BCUT2D eigenvalue weighted by Crippen LogP contribution is 2.23. The molecule has 3 rings (SSSR count). The van der Waals surface area contributed by atoms with Gasteiger partial charge in [-0.05, 0) is 67.3 Å². The van der Waals surface area contributed by atoms with E-state index >= 15 is 0 Å². The molecule has 38 heavy (non-hydrogen) atoms. The average Bonchev–Trinajstić information content (AvgIpc) is 2.85. The minimum Gasteiger partial charge on any atom is -0.355 e. The molecule has 3 aromatic carbocycles. The maximum atomic E-state index is 14.0. The number of carbonyl (C=O) groups excluding carboxylic acids is 2. The Hall–Kier alpha value is -3.17. The molecule has 0 aliphatic rings. The Morgan fingerprint density at radius 2 is 1.53 bits per heavy atom. The van der Waals surface area contributed by atoms with Crippen molar-refractivity contribution in [2.24, 2.45) is 0 Å². The van der Waals surface area contributed by atoms with Crippen molar-refractivity contribution in [2.75, 3.05) is 23.7 Å². The van der Waals surface area contributed by atoms with Crippen molar-refractivity contribution in [3.05, 3.63) is 99.5 Å². The first kappa shape index (κ1) is 29.4. The van der Waals surface area contributed by atoms with E-state index in [2.05, 4.69) is 21.2 Å². The summed E-state index contributed by atoms with van der Waals surface area (Å²) in [4.78, 5) is 28.8. The van der Waals surface area contributed by atoms with Crippen molar-refractivity contribution in [3.63, 3.8) is 0 Å². The van der Waals surface area contributed by atoms with Crippen LogP contribution >= 0.6 is 15.9 Å². The number of amides is 2. The first-order valence-corrected chi connectivity index (χ1v) is 15.0. The van der Waals surface area contributed by atoms with E-state index in [-0.39, 0.29) is 18.9 Å². The minimum atomic E-state index is -3.79. The predicted octanol–water partition coefficient (Wildman–Crippen LogP) is 4.61. The molecule has 0 heterocycles. The monoisotopic (exact) mass is 599 g/mol. The molecule has 2 amide bonds. The van der Waals surface area contributed by atoms with E-state index in [4.69, 9.17) is 0 Å². The lowest BCUT2D eigenvalue weighted by Crippen LogP contribution is -2.53. The van der Waals surface area contributed by atoms with Gasteiger partial charge in [-0.25, -0.2) is 8.42 Å². The standard InChI is InChI=1S/C29H34BrN3O4S/c1-5-31-29(35)27(18-23-9-7-6-8-10-23)32(19-24-11-13-25(30)14-12-24)28(34)20-33(38(4,36)37)26-16-21(2)15-22(3)17-26/h6-17,27H,5,18-20H2,1-4H3,(H,31,35)/t27-/m1/s1. The number of hydrogen-bond donors (Lipinski definition) is 1. The van der Waals surface area contributed by atoms with Gasteiger partial charge in [0.15, 0.2) is 0 Å². The lowest BCUT2D eigenvalue weighted by Gasteiger charge is -2.33. The van der Waals surface area contributed by atoms with Crippen LogP contribution in [0.25, 0.3) is 0 Å². The number of hydrogen-bond acceptors (Lipinski definition) is 4. The average molecular weight is 601 g/mol. The maximum absolute atomic E-state index is 14.0. The van der Waals surface area contributed by atoms with Gasteiger partial charge in [-0.2, -0.15) is 0 Å². The third-order valence-corrected chi connectivity index (χ3v) is 7.73. The summed E-state index contributed by atoms with van der Waals surface area (Å²) in [5, 5.41) is 2.85. The van der Waals surface area contributed by atoms with Crippen molar-refractivity contribution in [1.29, 1.82) is 0 Å². The molecule has 0 aliphatic carbocycles. The number of nitrogens with zero attached hydrogens (tertiary/aromatic N) is 2. The van der Waals surface area contributed by atoms with E-state index in [1.807, 2.05) is 81.4 Å². The van der Waals surface area contributed by atoms with Crippen LogP contribution in [-0.4, -0.2) is 50.5 Å². The second kappa shape index (κ2) is 13.1. The summed E-state index contributed by atoms with van der Waals surface area (Å²) in [6.07, 6.45) is 1.37. The van der Waals surface area contributed by atoms with Crippen LogP contribution in [0, 0.1) is 13.8 Å². The van der Waals surface area contributed by atoms with Gasteiger partial charge in [0, 0.05) is 24.0 Å². The fourth-order valence-electron chi connectivity index (χ4n) is 4.34. The second-order valence-corrected chi connectivity index (χ2v) is 12.2. The SMILES string of the molecule is CCNC(=O)[C@@H](Cc1ccccc1)N(Cc1ccc(Br)cc1)C(=O)CN(c1cc(C)cc(C)c1)S(C)(=O)=O. The predicted molar refractivity (Wildman–Crippen MR) is 155 cm³/mol. The van der Waals surface area contributed by atoms with Gasteiger partial charge in [0.25, 0.3) is 0 Å². The molecule has 1 N–H and O–H groups in total. The summed E-state index contributed by atoms with van der Waals surface area (Å²) in [5.74, 6) is -0.760. The number of likely N-dealkylation sites (N-methyl/N-ethyl adjacent to an activating group) is 1. The first-order valence-electron chi connectivity index (χ1n) is 12.4. The number of nitrogens with one attached hydrogen (secondary N) is 1. The lowest BCUT2D eigenvalue weighted by atomic mass is 10.0. The number of sulfonamides is 1. The lowest BCUT2D eigenvalue weighted by molar-refractivity contribution is -0.140. The van der Waals surface area contributed by atoms with Crippen LogP contribution in [0.3, 0.4) is 0 Å². The zero-order valence-electron chi connectivity index (χ0n) is 22.1. The van der Waals surface area contributed by atoms with Gasteiger partial charge in [0.05, 0.1) is 11.9 Å².